The Morgan fingerprint density at radius 3 is 1.98 bits per heavy atom. The highest BCUT2D eigenvalue weighted by molar-refractivity contribution is 7.81. The second-order valence-corrected chi connectivity index (χ2v) is 18.1. The fourth-order valence-electron chi connectivity index (χ4n) is 7.28. The van der Waals surface area contributed by atoms with Crippen LogP contribution in [0.5, 0.6) is 0 Å². The van der Waals surface area contributed by atoms with Crippen LogP contribution in [0.2, 0.25) is 0 Å². The van der Waals surface area contributed by atoms with Crippen molar-refractivity contribution in [2.45, 2.75) is 140 Å². The molecule has 0 spiro atoms. The zero-order valence-electron chi connectivity index (χ0n) is 33.3. The van der Waals surface area contributed by atoms with Crippen LogP contribution in [0.15, 0.2) is 17.8 Å². The molecule has 1 aromatic heterocycles. The van der Waals surface area contributed by atoms with Gasteiger partial charge in [0, 0.05) is 35.8 Å². The van der Waals surface area contributed by atoms with Crippen LogP contribution in [0.3, 0.4) is 0 Å². The minimum atomic E-state index is -1.22. The molecule has 21 heteroatoms. The number of amides is 4. The van der Waals surface area contributed by atoms with E-state index in [0.717, 1.165) is 0 Å². The quantitative estimate of drug-likeness (QED) is 0.0583. The van der Waals surface area contributed by atoms with Crippen LogP contribution < -0.4 is 10.6 Å². The van der Waals surface area contributed by atoms with E-state index in [2.05, 4.69) is 33.6 Å². The fraction of sp³-hybridized carbons (Fsp3) is 0.694. The molecule has 4 aliphatic rings. The second-order valence-electron chi connectivity index (χ2n) is 16.9. The van der Waals surface area contributed by atoms with Gasteiger partial charge in [0.25, 0.3) is 0 Å². The molecule has 5 rings (SSSR count). The van der Waals surface area contributed by atoms with Crippen molar-refractivity contribution in [1.82, 2.24) is 35.4 Å². The van der Waals surface area contributed by atoms with Crippen molar-refractivity contribution < 1.29 is 57.2 Å². The van der Waals surface area contributed by atoms with E-state index >= 15 is 0 Å². The molecule has 0 bridgehead atoms. The van der Waals surface area contributed by atoms with E-state index in [1.165, 1.54) is 21.4 Å². The van der Waals surface area contributed by atoms with Gasteiger partial charge in [0.05, 0.1) is 24.9 Å². The van der Waals surface area contributed by atoms with Crippen molar-refractivity contribution in [3.8, 4) is 0 Å². The largest absolute Gasteiger partial charge is 0.464 e. The van der Waals surface area contributed by atoms with E-state index < -0.39 is 105 Å². The van der Waals surface area contributed by atoms with Gasteiger partial charge >= 0.3 is 30.1 Å². The number of β-lactam (4-membered cyclic amide) rings is 2. The number of carbonyl (C=O) groups excluding carboxylic acids is 7. The lowest BCUT2D eigenvalue weighted by Crippen LogP contribution is -2.78. The Labute approximate surface area is 341 Å². The third-order valence-electron chi connectivity index (χ3n) is 9.76. The van der Waals surface area contributed by atoms with E-state index in [1.54, 1.807) is 67.7 Å². The summed E-state index contributed by atoms with van der Waals surface area (Å²) in [4.78, 5) is 92.4. The van der Waals surface area contributed by atoms with Crippen molar-refractivity contribution in [1.29, 1.82) is 0 Å². The molecule has 3 fully saturated rings. The summed E-state index contributed by atoms with van der Waals surface area (Å²) in [5.74, 6) is -2.99. The van der Waals surface area contributed by atoms with Gasteiger partial charge in [-0.05, 0) is 47.1 Å². The smallest absolute Gasteiger partial charge is 0.408 e. The average Bonchev–Trinajstić information content (AvgIpc) is 3.61. The number of carbonyl (C=O) groups is 7. The number of ether oxygens (including phenoxy) is 5. The van der Waals surface area contributed by atoms with Crippen LogP contribution in [0.1, 0.15) is 74.4 Å². The second kappa shape index (κ2) is 16.4. The Balaban J connectivity index is 1.12. The number of thiol groups is 2. The Morgan fingerprint density at radius 1 is 0.825 bits per heavy atom. The number of fused-ring (bicyclic) bond motifs is 2. The van der Waals surface area contributed by atoms with Crippen LogP contribution in [0, 0.1) is 5.41 Å². The lowest BCUT2D eigenvalue weighted by atomic mass is 9.82. The topological polar surface area (TPSA) is 227 Å². The standard InChI is InChI=1S/C36H51N7O12S2/c1-17(44)52-15-18-13-20(56)24-21(37-32(49)54-34(2,3)4)28(45)42(24)23(18)30(47)51-12-10-11-41-14-19(39-40-41)16-53-31(48)26-36(8,9)27(57)25-22(29(46)43(25)26)38-33(50)55-35(5,6)7/h13-14,20-27,56-57H,10-12,15-16H2,1-9H3,(H,37,49)(H,38,50)/t20?,21-,22-,23-,24+,25-,26-,27?/m1/s1. The Bertz CT molecular complexity index is 1820. The van der Waals surface area contributed by atoms with E-state index in [9.17, 15) is 33.6 Å². The lowest BCUT2D eigenvalue weighted by molar-refractivity contribution is -0.167. The molecule has 4 aliphatic heterocycles. The minimum absolute atomic E-state index is 0.0760. The fourth-order valence-corrected chi connectivity index (χ4v) is 8.25. The number of hydrogen-bond donors (Lipinski definition) is 4. The highest BCUT2D eigenvalue weighted by atomic mass is 32.1. The molecular weight excluding hydrogens is 787 g/mol. The first-order chi connectivity index (χ1) is 26.4. The van der Waals surface area contributed by atoms with Crippen molar-refractivity contribution in [3.05, 3.63) is 23.5 Å². The Kier molecular flexibility index (Phi) is 12.5. The van der Waals surface area contributed by atoms with Crippen molar-refractivity contribution in [2.75, 3.05) is 13.2 Å². The van der Waals surface area contributed by atoms with Crippen LogP contribution in [0.25, 0.3) is 0 Å². The zero-order chi connectivity index (χ0) is 42.4. The average molecular weight is 838 g/mol. The van der Waals surface area contributed by atoms with E-state index in [4.69, 9.17) is 36.3 Å². The molecule has 0 saturated carbocycles. The number of aryl methyl sites for hydroxylation is 1. The molecule has 2 unspecified atom stereocenters. The van der Waals surface area contributed by atoms with Gasteiger partial charge in [0.15, 0.2) is 6.04 Å². The number of nitrogens with zero attached hydrogens (tertiary/aromatic N) is 5. The van der Waals surface area contributed by atoms with Crippen molar-refractivity contribution in [3.63, 3.8) is 0 Å². The monoisotopic (exact) mass is 837 g/mol. The molecule has 0 radical (unpaired) electrons. The van der Waals surface area contributed by atoms with Crippen molar-refractivity contribution in [2.24, 2.45) is 5.41 Å². The summed E-state index contributed by atoms with van der Waals surface area (Å²) >= 11 is 9.30. The SMILES string of the molecule is CC(=O)OCC1=CC(S)[C@H]2[C@@H](NC(=O)OC(C)(C)C)C(=O)N2[C@H]1C(=O)OCCCn1cc(COC(=O)[C@H]2N3C(=O)[C@H](NC(=O)OC(C)(C)C)[C@@H]3C(S)C2(C)C)nn1. The molecule has 5 heterocycles. The minimum Gasteiger partial charge on any atom is -0.464 e. The van der Waals surface area contributed by atoms with Crippen LogP contribution in [-0.4, -0.2) is 138 Å². The highest BCUT2D eigenvalue weighted by Gasteiger charge is 2.68. The van der Waals surface area contributed by atoms with Gasteiger partial charge in [-0.25, -0.2) is 19.2 Å². The Hall–Kier alpha value is -4.53. The molecule has 3 saturated heterocycles. The number of alkyl carbamates (subject to hydrolysis) is 2. The summed E-state index contributed by atoms with van der Waals surface area (Å²) in [5.41, 5.74) is -1.72. The first kappa shape index (κ1) is 43.6. The number of hydrogen-bond acceptors (Lipinski definition) is 16. The third-order valence-corrected chi connectivity index (χ3v) is 11.2. The Morgan fingerprint density at radius 2 is 1.40 bits per heavy atom. The maximum Gasteiger partial charge on any atom is 0.408 e. The molecule has 0 aliphatic carbocycles. The summed E-state index contributed by atoms with van der Waals surface area (Å²) in [6.07, 6.45) is 1.93. The summed E-state index contributed by atoms with van der Waals surface area (Å²) < 4.78 is 28.4. The van der Waals surface area contributed by atoms with E-state index in [1.807, 2.05) is 0 Å². The summed E-state index contributed by atoms with van der Waals surface area (Å²) in [5, 5.41) is 12.2. The first-order valence-electron chi connectivity index (χ1n) is 18.5. The van der Waals surface area contributed by atoms with Gasteiger partial charge in [-0.1, -0.05) is 25.1 Å². The lowest BCUT2D eigenvalue weighted by Gasteiger charge is -2.54. The third kappa shape index (κ3) is 9.45. The molecule has 4 amide bonds. The van der Waals surface area contributed by atoms with Crippen LogP contribution in [0.4, 0.5) is 9.59 Å². The number of esters is 3. The van der Waals surface area contributed by atoms with E-state index in [-0.39, 0.29) is 32.8 Å². The number of rotatable bonds is 12. The van der Waals surface area contributed by atoms with Crippen LogP contribution >= 0.6 is 25.3 Å². The van der Waals surface area contributed by atoms with Gasteiger partial charge in [0.2, 0.25) is 11.8 Å². The van der Waals surface area contributed by atoms with Gasteiger partial charge in [-0.15, -0.1) is 5.10 Å². The van der Waals surface area contributed by atoms with Crippen LogP contribution in [-0.2, 0) is 60.8 Å². The van der Waals surface area contributed by atoms with E-state index in [0.29, 0.717) is 11.3 Å². The van der Waals surface area contributed by atoms with Gasteiger partial charge < -0.3 is 44.1 Å². The molecule has 2 N–H and O–H groups in total. The molecule has 19 nitrogen and oxygen atoms in total. The molecule has 1 aromatic rings. The van der Waals surface area contributed by atoms with Gasteiger partial charge in [-0.2, -0.15) is 25.3 Å². The molecule has 57 heavy (non-hydrogen) atoms. The molecular formula is C36H51N7O12S2. The highest BCUT2D eigenvalue weighted by Crippen LogP contribution is 2.50. The molecule has 314 valence electrons. The number of aromatic nitrogens is 3. The molecule has 0 aromatic carbocycles. The summed E-state index contributed by atoms with van der Waals surface area (Å²) in [6.45, 7) is 14.7. The maximum absolute atomic E-state index is 13.5. The predicted molar refractivity (Wildman–Crippen MR) is 205 cm³/mol. The van der Waals surface area contributed by atoms with Crippen molar-refractivity contribution >= 4 is 67.2 Å². The van der Waals surface area contributed by atoms with Gasteiger partial charge in [0.1, 0.15) is 48.2 Å². The molecule has 8 atom stereocenters. The maximum atomic E-state index is 13.5. The normalized spacial score (nSPS) is 27.5. The number of nitrogens with one attached hydrogen (secondary N) is 2. The summed E-state index contributed by atoms with van der Waals surface area (Å²) in [6, 6.07) is -5.30. The predicted octanol–water partition coefficient (Wildman–Crippen LogP) is 1.34. The summed E-state index contributed by atoms with van der Waals surface area (Å²) in [7, 11) is 0. The van der Waals surface area contributed by atoms with Gasteiger partial charge in [-0.3, -0.25) is 19.1 Å². The zero-order valence-corrected chi connectivity index (χ0v) is 35.1. The first-order valence-corrected chi connectivity index (χ1v) is 19.5.